The zero-order valence-electron chi connectivity index (χ0n) is 28.4. The van der Waals surface area contributed by atoms with Gasteiger partial charge in [0.05, 0.1) is 49.4 Å². The molecule has 0 radical (unpaired) electrons. The maximum absolute atomic E-state index is 11.6. The molecule has 260 valence electrons. The summed E-state index contributed by atoms with van der Waals surface area (Å²) in [6, 6.07) is 18.0. The molecule has 2 saturated heterocycles. The Morgan fingerprint density at radius 3 is 2.50 bits per heavy atom. The minimum atomic E-state index is -0.287. The van der Waals surface area contributed by atoms with Crippen molar-refractivity contribution >= 4 is 28.5 Å². The fourth-order valence-corrected chi connectivity index (χ4v) is 7.34. The van der Waals surface area contributed by atoms with Crippen molar-refractivity contribution in [2.75, 3.05) is 41.0 Å². The molecule has 2 aromatic carbocycles. The van der Waals surface area contributed by atoms with Crippen molar-refractivity contribution in [3.8, 4) is 45.5 Å². The van der Waals surface area contributed by atoms with Gasteiger partial charge in [-0.2, -0.15) is 0 Å². The number of amides is 1. The van der Waals surface area contributed by atoms with Crippen molar-refractivity contribution in [3.63, 3.8) is 0 Å². The van der Waals surface area contributed by atoms with E-state index in [0.29, 0.717) is 60.7 Å². The second-order valence-electron chi connectivity index (χ2n) is 12.8. The zero-order chi connectivity index (χ0) is 34.8. The molecule has 2 atom stereocenters. The highest BCUT2D eigenvalue weighted by Gasteiger charge is 2.24. The third kappa shape index (κ3) is 6.74. The smallest absolute Gasteiger partial charge is 0.220 e. The Morgan fingerprint density at radius 2 is 1.80 bits per heavy atom. The Balaban J connectivity index is 1.18. The quantitative estimate of drug-likeness (QED) is 0.158. The van der Waals surface area contributed by atoms with Crippen molar-refractivity contribution in [2.24, 2.45) is 0 Å². The predicted octanol–water partition coefficient (Wildman–Crippen LogP) is 5.37. The molecular formula is C38H41ClN6O5. The molecule has 0 saturated carbocycles. The molecule has 0 spiro atoms. The largest absolute Gasteiger partial charge is 0.496 e. The SMILES string of the molecule is COc1cc(-n2ccc3c(-c4cccc(-c5ccc(CN6CC[C@@H](O)C6)c(OC)n5)c4Cl)ccnc32)cc(OC)c1CNC[C@@H]1CCC(=O)N1. The highest BCUT2D eigenvalue weighted by molar-refractivity contribution is 6.36. The van der Waals surface area contributed by atoms with E-state index in [9.17, 15) is 9.90 Å². The predicted molar refractivity (Wildman–Crippen MR) is 193 cm³/mol. The fourth-order valence-electron chi connectivity index (χ4n) is 7.02. The van der Waals surface area contributed by atoms with Gasteiger partial charge in [-0.05, 0) is 36.6 Å². The summed E-state index contributed by atoms with van der Waals surface area (Å²) in [6.07, 6.45) is 5.66. The first-order chi connectivity index (χ1) is 24.4. The van der Waals surface area contributed by atoms with E-state index in [1.165, 1.54) is 0 Å². The topological polar surface area (TPSA) is 123 Å². The summed E-state index contributed by atoms with van der Waals surface area (Å²) >= 11 is 7.17. The Labute approximate surface area is 296 Å². The molecule has 0 bridgehead atoms. The number of nitrogens with zero attached hydrogens (tertiary/aromatic N) is 4. The number of methoxy groups -OCH3 is 3. The molecule has 2 fully saturated rings. The number of aliphatic hydroxyl groups is 1. The van der Waals surface area contributed by atoms with Crippen LogP contribution in [0.15, 0.2) is 67.0 Å². The van der Waals surface area contributed by atoms with E-state index in [0.717, 1.165) is 63.9 Å². The van der Waals surface area contributed by atoms with E-state index in [1.807, 2.05) is 65.4 Å². The van der Waals surface area contributed by atoms with Gasteiger partial charge in [-0.3, -0.25) is 9.69 Å². The van der Waals surface area contributed by atoms with Crippen LogP contribution in [-0.4, -0.2) is 83.6 Å². The van der Waals surface area contributed by atoms with Crippen LogP contribution >= 0.6 is 11.6 Å². The highest BCUT2D eigenvalue weighted by atomic mass is 35.5. The number of β-amino-alcohol motifs (C(OH)–C–C–N with tert-alkyl or cyclic N) is 1. The molecule has 12 heteroatoms. The molecule has 2 aliphatic heterocycles. The molecule has 7 rings (SSSR count). The van der Waals surface area contributed by atoms with Crippen molar-refractivity contribution in [1.82, 2.24) is 30.1 Å². The number of carbonyl (C=O) groups is 1. The second kappa shape index (κ2) is 14.7. The molecule has 3 aromatic heterocycles. The summed E-state index contributed by atoms with van der Waals surface area (Å²) in [6.45, 7) is 3.34. The Hall–Kier alpha value is -4.68. The van der Waals surface area contributed by atoms with Gasteiger partial charge < -0.3 is 34.5 Å². The average molecular weight is 697 g/mol. The number of rotatable bonds is 12. The third-order valence-corrected chi connectivity index (χ3v) is 9.98. The van der Waals surface area contributed by atoms with Gasteiger partial charge >= 0.3 is 0 Å². The molecule has 50 heavy (non-hydrogen) atoms. The number of carbonyl (C=O) groups excluding carboxylic acids is 1. The number of pyridine rings is 2. The third-order valence-electron chi connectivity index (χ3n) is 9.57. The number of aromatic nitrogens is 3. The molecule has 5 aromatic rings. The van der Waals surface area contributed by atoms with Crippen LogP contribution in [-0.2, 0) is 17.9 Å². The Morgan fingerprint density at radius 1 is 1.00 bits per heavy atom. The number of likely N-dealkylation sites (tertiary alicyclic amines) is 1. The standard InChI is InChI=1S/C38H41ClN6O5/c1-48-33-17-25(18-34(49-2)31(33)20-40-19-24-8-10-35(47)42-24)45-16-13-29-27(11-14-41-37(29)45)28-5-4-6-30(36(28)39)32-9-7-23(38(43-32)50-3)21-44-15-12-26(46)22-44/h4-7,9,11,13-14,16-18,24,26,40,46H,8,10,12,15,19-22H2,1-3H3,(H,42,47)/t24-,26+/m0/s1. The lowest BCUT2D eigenvalue weighted by Gasteiger charge is -2.18. The van der Waals surface area contributed by atoms with Gasteiger partial charge in [-0.25, -0.2) is 9.97 Å². The molecule has 3 N–H and O–H groups in total. The average Bonchev–Trinajstić information content (AvgIpc) is 3.88. The first kappa shape index (κ1) is 33.8. The lowest BCUT2D eigenvalue weighted by Crippen LogP contribution is -2.35. The monoisotopic (exact) mass is 696 g/mol. The normalized spacial score (nSPS) is 17.7. The van der Waals surface area contributed by atoms with Crippen LogP contribution in [0.2, 0.25) is 5.02 Å². The zero-order valence-corrected chi connectivity index (χ0v) is 29.2. The van der Waals surface area contributed by atoms with Crippen LogP contribution < -0.4 is 24.8 Å². The van der Waals surface area contributed by atoms with Gasteiger partial charge in [-0.15, -0.1) is 0 Å². The van der Waals surface area contributed by atoms with Crippen molar-refractivity contribution in [3.05, 3.63) is 83.1 Å². The van der Waals surface area contributed by atoms with Gasteiger partial charge in [0, 0.05) is 91.8 Å². The summed E-state index contributed by atoms with van der Waals surface area (Å²) in [5.74, 6) is 2.01. The fraction of sp³-hybridized carbons (Fsp3) is 0.342. The first-order valence-electron chi connectivity index (χ1n) is 16.8. The maximum atomic E-state index is 11.6. The molecule has 5 heterocycles. The van der Waals surface area contributed by atoms with E-state index in [4.69, 9.17) is 35.8 Å². The van der Waals surface area contributed by atoms with Crippen LogP contribution in [0.25, 0.3) is 39.1 Å². The number of benzene rings is 2. The van der Waals surface area contributed by atoms with Crippen LogP contribution in [0.4, 0.5) is 0 Å². The lowest BCUT2D eigenvalue weighted by molar-refractivity contribution is -0.119. The van der Waals surface area contributed by atoms with E-state index < -0.39 is 0 Å². The number of hydrogen-bond acceptors (Lipinski definition) is 9. The van der Waals surface area contributed by atoms with E-state index in [2.05, 4.69) is 15.5 Å². The molecule has 0 aliphatic carbocycles. The Kier molecular flexibility index (Phi) is 9.91. The number of ether oxygens (including phenoxy) is 3. The van der Waals surface area contributed by atoms with Crippen LogP contribution in [0, 0.1) is 0 Å². The summed E-state index contributed by atoms with van der Waals surface area (Å²) in [7, 11) is 4.92. The Bertz CT molecular complexity index is 2010. The van der Waals surface area contributed by atoms with Crippen molar-refractivity contribution < 1.29 is 24.1 Å². The van der Waals surface area contributed by atoms with E-state index in [1.54, 1.807) is 27.5 Å². The van der Waals surface area contributed by atoms with Crippen LogP contribution in [0.1, 0.15) is 30.4 Å². The summed E-state index contributed by atoms with van der Waals surface area (Å²) in [4.78, 5) is 23.4. The summed E-state index contributed by atoms with van der Waals surface area (Å²) in [5, 5.41) is 17.9. The minimum Gasteiger partial charge on any atom is -0.496 e. The molecule has 1 amide bonds. The van der Waals surface area contributed by atoms with E-state index in [-0.39, 0.29) is 18.1 Å². The number of nitrogens with one attached hydrogen (secondary N) is 2. The van der Waals surface area contributed by atoms with Gasteiger partial charge in [0.1, 0.15) is 17.1 Å². The van der Waals surface area contributed by atoms with Gasteiger partial charge in [0.25, 0.3) is 0 Å². The number of hydrogen-bond donors (Lipinski definition) is 3. The lowest BCUT2D eigenvalue weighted by atomic mass is 9.99. The van der Waals surface area contributed by atoms with Gasteiger partial charge in [0.15, 0.2) is 0 Å². The number of fused-ring (bicyclic) bond motifs is 1. The molecule has 11 nitrogen and oxygen atoms in total. The molecule has 0 unspecified atom stereocenters. The maximum Gasteiger partial charge on any atom is 0.220 e. The van der Waals surface area contributed by atoms with Gasteiger partial charge in [0.2, 0.25) is 11.8 Å². The highest BCUT2D eigenvalue weighted by Crippen LogP contribution is 2.40. The summed E-state index contributed by atoms with van der Waals surface area (Å²) < 4.78 is 19.4. The first-order valence-corrected chi connectivity index (χ1v) is 17.2. The summed E-state index contributed by atoms with van der Waals surface area (Å²) in [5.41, 5.74) is 6.76. The number of halogens is 1. The van der Waals surface area contributed by atoms with Crippen molar-refractivity contribution in [2.45, 2.75) is 44.5 Å². The van der Waals surface area contributed by atoms with Gasteiger partial charge in [-0.1, -0.05) is 35.9 Å². The van der Waals surface area contributed by atoms with Crippen molar-refractivity contribution in [1.29, 1.82) is 0 Å². The minimum absolute atomic E-state index is 0.0981. The second-order valence-corrected chi connectivity index (χ2v) is 13.1. The molecule has 2 aliphatic rings. The van der Waals surface area contributed by atoms with Crippen LogP contribution in [0.5, 0.6) is 17.4 Å². The van der Waals surface area contributed by atoms with Crippen LogP contribution in [0.3, 0.4) is 0 Å². The van der Waals surface area contributed by atoms with E-state index >= 15 is 0 Å². The number of aliphatic hydroxyl groups excluding tert-OH is 1. The molecular weight excluding hydrogens is 656 g/mol.